The maximum atomic E-state index is 6.15. The predicted octanol–water partition coefficient (Wildman–Crippen LogP) is 4.93. The lowest BCUT2D eigenvalue weighted by Crippen LogP contribution is -1.96. The second-order valence-electron chi connectivity index (χ2n) is 5.35. The Morgan fingerprint density at radius 1 is 0.958 bits per heavy atom. The minimum atomic E-state index is 0.467. The topological polar surface area (TPSA) is 56.7 Å². The highest BCUT2D eigenvalue weighted by molar-refractivity contribution is 14.1. The van der Waals surface area contributed by atoms with Crippen LogP contribution in [0, 0.1) is 3.57 Å². The van der Waals surface area contributed by atoms with Gasteiger partial charge in [0, 0.05) is 26.0 Å². The zero-order chi connectivity index (χ0) is 16.7. The lowest BCUT2D eigenvalue weighted by molar-refractivity contribution is 1.08. The van der Waals surface area contributed by atoms with Gasteiger partial charge in [-0.2, -0.15) is 0 Å². The number of anilines is 1. The molecule has 0 unspecified atom stereocenters. The van der Waals surface area contributed by atoms with Crippen LogP contribution in [0.2, 0.25) is 5.02 Å². The third kappa shape index (κ3) is 2.63. The maximum Gasteiger partial charge on any atom is 0.150 e. The first kappa shape index (κ1) is 15.4. The van der Waals surface area contributed by atoms with Crippen molar-refractivity contribution in [2.24, 2.45) is 0 Å². The fourth-order valence-electron chi connectivity index (χ4n) is 2.73. The highest BCUT2D eigenvalue weighted by Gasteiger charge is 2.15. The summed E-state index contributed by atoms with van der Waals surface area (Å²) in [6.45, 7) is 0. The minimum absolute atomic E-state index is 0.467. The normalized spacial score (nSPS) is 11.1. The van der Waals surface area contributed by atoms with E-state index in [4.69, 9.17) is 17.3 Å². The van der Waals surface area contributed by atoms with Gasteiger partial charge in [0.05, 0.1) is 5.39 Å². The molecule has 0 fully saturated rings. The smallest absolute Gasteiger partial charge is 0.150 e. The van der Waals surface area contributed by atoms with Crippen LogP contribution >= 0.6 is 34.2 Å². The fourth-order valence-corrected chi connectivity index (χ4v) is 3.22. The molecular weight excluding hydrogens is 435 g/mol. The molecule has 0 spiro atoms. The largest absolute Gasteiger partial charge is 0.383 e. The molecular formula is C18H12ClIN4. The van der Waals surface area contributed by atoms with E-state index in [2.05, 4.69) is 56.8 Å². The monoisotopic (exact) mass is 446 g/mol. The van der Waals surface area contributed by atoms with Gasteiger partial charge in [0.1, 0.15) is 12.1 Å². The molecule has 0 saturated carbocycles. The van der Waals surface area contributed by atoms with Gasteiger partial charge in [-0.05, 0) is 64.6 Å². The molecule has 0 bridgehead atoms. The van der Waals surface area contributed by atoms with Crippen molar-refractivity contribution in [2.45, 2.75) is 0 Å². The Kier molecular flexibility index (Phi) is 3.90. The van der Waals surface area contributed by atoms with Crippen molar-refractivity contribution >= 4 is 51.0 Å². The number of fused-ring (bicyclic) bond motifs is 1. The molecule has 0 aliphatic rings. The summed E-state index contributed by atoms with van der Waals surface area (Å²) in [6.07, 6.45) is 3.54. The zero-order valence-corrected chi connectivity index (χ0v) is 15.4. The Morgan fingerprint density at radius 3 is 2.38 bits per heavy atom. The Morgan fingerprint density at radius 2 is 1.67 bits per heavy atom. The Bertz CT molecular complexity index is 1020. The van der Waals surface area contributed by atoms with E-state index < -0.39 is 0 Å². The van der Waals surface area contributed by atoms with Gasteiger partial charge in [0.2, 0.25) is 0 Å². The number of aromatic nitrogens is 3. The molecule has 4 aromatic rings. The van der Waals surface area contributed by atoms with Crippen LogP contribution in [0.25, 0.3) is 27.8 Å². The van der Waals surface area contributed by atoms with Crippen LogP contribution in [-0.4, -0.2) is 14.5 Å². The molecule has 0 saturated heterocycles. The molecule has 2 N–H and O–H groups in total. The molecule has 118 valence electrons. The van der Waals surface area contributed by atoms with Crippen LogP contribution in [0.4, 0.5) is 5.82 Å². The summed E-state index contributed by atoms with van der Waals surface area (Å²) in [5.41, 5.74) is 9.97. The summed E-state index contributed by atoms with van der Waals surface area (Å²) in [6, 6.07) is 15.9. The zero-order valence-electron chi connectivity index (χ0n) is 12.4. The first-order chi connectivity index (χ1) is 11.6. The molecule has 4 nitrogen and oxygen atoms in total. The van der Waals surface area contributed by atoms with E-state index in [1.165, 1.54) is 9.90 Å². The van der Waals surface area contributed by atoms with E-state index in [1.807, 2.05) is 35.0 Å². The summed E-state index contributed by atoms with van der Waals surface area (Å²) in [7, 11) is 0. The number of nitrogens with two attached hydrogens (primary N) is 1. The number of benzene rings is 2. The molecule has 24 heavy (non-hydrogen) atoms. The van der Waals surface area contributed by atoms with Crippen molar-refractivity contribution in [1.82, 2.24) is 14.5 Å². The molecule has 2 aromatic heterocycles. The SMILES string of the molecule is Nc1ncnc2c1c(-c1ccc(Cl)cc1)cn2-c1ccc(I)cc1. The van der Waals surface area contributed by atoms with E-state index in [0.717, 1.165) is 27.8 Å². The molecule has 0 aliphatic heterocycles. The molecule has 0 atom stereocenters. The Labute approximate surface area is 157 Å². The third-order valence-corrected chi connectivity index (χ3v) is 4.84. The number of halogens is 2. The number of nitrogen functional groups attached to an aromatic ring is 1. The van der Waals surface area contributed by atoms with Gasteiger partial charge < -0.3 is 10.3 Å². The van der Waals surface area contributed by atoms with E-state index in [1.54, 1.807) is 0 Å². The van der Waals surface area contributed by atoms with Crippen LogP contribution < -0.4 is 5.73 Å². The summed E-state index contributed by atoms with van der Waals surface area (Å²) in [4.78, 5) is 8.61. The van der Waals surface area contributed by atoms with Crippen LogP contribution in [-0.2, 0) is 0 Å². The lowest BCUT2D eigenvalue weighted by Gasteiger charge is -2.04. The maximum absolute atomic E-state index is 6.15. The average molecular weight is 447 g/mol. The second kappa shape index (κ2) is 6.07. The highest BCUT2D eigenvalue weighted by atomic mass is 127. The van der Waals surface area contributed by atoms with Crippen molar-refractivity contribution in [3.05, 3.63) is 69.6 Å². The summed E-state index contributed by atoms with van der Waals surface area (Å²) in [5, 5.41) is 1.54. The summed E-state index contributed by atoms with van der Waals surface area (Å²) in [5.74, 6) is 0.467. The van der Waals surface area contributed by atoms with Gasteiger partial charge >= 0.3 is 0 Å². The molecule has 0 radical (unpaired) electrons. The van der Waals surface area contributed by atoms with Gasteiger partial charge in [-0.3, -0.25) is 0 Å². The molecule has 0 amide bonds. The van der Waals surface area contributed by atoms with E-state index in [-0.39, 0.29) is 0 Å². The van der Waals surface area contributed by atoms with E-state index >= 15 is 0 Å². The molecule has 2 aromatic carbocycles. The van der Waals surface area contributed by atoms with E-state index in [0.29, 0.717) is 10.8 Å². The molecule has 4 rings (SSSR count). The lowest BCUT2D eigenvalue weighted by atomic mass is 10.1. The third-order valence-electron chi connectivity index (χ3n) is 3.87. The fraction of sp³-hybridized carbons (Fsp3) is 0. The second-order valence-corrected chi connectivity index (χ2v) is 7.04. The van der Waals surface area contributed by atoms with Crippen molar-refractivity contribution in [3.63, 3.8) is 0 Å². The highest BCUT2D eigenvalue weighted by Crippen LogP contribution is 2.34. The van der Waals surface area contributed by atoms with Crippen molar-refractivity contribution < 1.29 is 0 Å². The first-order valence-electron chi connectivity index (χ1n) is 7.27. The Balaban J connectivity index is 2.01. The van der Waals surface area contributed by atoms with Gasteiger partial charge in [-0.15, -0.1) is 0 Å². The van der Waals surface area contributed by atoms with Crippen molar-refractivity contribution in [1.29, 1.82) is 0 Å². The number of nitrogens with zero attached hydrogens (tertiary/aromatic N) is 3. The van der Waals surface area contributed by atoms with Crippen LogP contribution in [0.3, 0.4) is 0 Å². The Hall–Kier alpha value is -2.12. The van der Waals surface area contributed by atoms with Gasteiger partial charge in [-0.1, -0.05) is 23.7 Å². The van der Waals surface area contributed by atoms with Crippen molar-refractivity contribution in [3.8, 4) is 16.8 Å². The quantitative estimate of drug-likeness (QED) is 0.444. The van der Waals surface area contributed by atoms with Gasteiger partial charge in [-0.25, -0.2) is 9.97 Å². The number of hydrogen-bond acceptors (Lipinski definition) is 3. The van der Waals surface area contributed by atoms with Crippen LogP contribution in [0.1, 0.15) is 0 Å². The number of hydrogen-bond donors (Lipinski definition) is 1. The average Bonchev–Trinajstić information content (AvgIpc) is 2.97. The van der Waals surface area contributed by atoms with Gasteiger partial charge in [0.25, 0.3) is 0 Å². The van der Waals surface area contributed by atoms with Crippen molar-refractivity contribution in [2.75, 3.05) is 5.73 Å². The predicted molar refractivity (Wildman–Crippen MR) is 106 cm³/mol. The standard InChI is InChI=1S/C18H12ClIN4/c19-12-3-1-11(2-4-12)15-9-24(14-7-5-13(20)6-8-14)18-16(15)17(21)22-10-23-18/h1-10H,(H2,21,22,23). The minimum Gasteiger partial charge on any atom is -0.383 e. The van der Waals surface area contributed by atoms with E-state index in [9.17, 15) is 0 Å². The molecule has 6 heteroatoms. The summed E-state index contributed by atoms with van der Waals surface area (Å²) >= 11 is 8.30. The first-order valence-corrected chi connectivity index (χ1v) is 8.72. The van der Waals surface area contributed by atoms with Crippen LogP contribution in [0.5, 0.6) is 0 Å². The number of rotatable bonds is 2. The van der Waals surface area contributed by atoms with Gasteiger partial charge in [0.15, 0.2) is 5.65 Å². The molecule has 0 aliphatic carbocycles. The molecule has 2 heterocycles. The van der Waals surface area contributed by atoms with Crippen LogP contribution in [0.15, 0.2) is 61.1 Å². The summed E-state index contributed by atoms with van der Waals surface area (Å²) < 4.78 is 3.22.